The Labute approximate surface area is 111 Å². The SMILES string of the molecule is Cc1ccc(N2CC(CO)CCC2(C)C)cc1C. The minimum absolute atomic E-state index is 0.188. The normalized spacial score (nSPS) is 23.2. The summed E-state index contributed by atoms with van der Waals surface area (Å²) in [7, 11) is 0. The van der Waals surface area contributed by atoms with Crippen LogP contribution in [0, 0.1) is 19.8 Å². The van der Waals surface area contributed by atoms with Crippen molar-refractivity contribution in [1.29, 1.82) is 0 Å². The third kappa shape index (κ3) is 2.54. The van der Waals surface area contributed by atoms with E-state index in [9.17, 15) is 5.11 Å². The predicted molar refractivity (Wildman–Crippen MR) is 77.2 cm³/mol. The van der Waals surface area contributed by atoms with E-state index < -0.39 is 0 Å². The molecule has 100 valence electrons. The van der Waals surface area contributed by atoms with Crippen LogP contribution in [0.15, 0.2) is 18.2 Å². The predicted octanol–water partition coefficient (Wildman–Crippen LogP) is 3.29. The smallest absolute Gasteiger partial charge is 0.0476 e. The molecule has 1 aliphatic heterocycles. The van der Waals surface area contributed by atoms with Gasteiger partial charge in [0, 0.05) is 24.4 Å². The maximum Gasteiger partial charge on any atom is 0.0476 e. The van der Waals surface area contributed by atoms with Crippen molar-refractivity contribution in [3.8, 4) is 0 Å². The first-order valence-corrected chi connectivity index (χ1v) is 6.90. The van der Waals surface area contributed by atoms with E-state index >= 15 is 0 Å². The van der Waals surface area contributed by atoms with Gasteiger partial charge in [0.15, 0.2) is 0 Å². The van der Waals surface area contributed by atoms with E-state index in [0.717, 1.165) is 19.4 Å². The third-order valence-corrected chi connectivity index (χ3v) is 4.40. The van der Waals surface area contributed by atoms with E-state index in [-0.39, 0.29) is 5.54 Å². The number of piperidine rings is 1. The molecule has 0 spiro atoms. The summed E-state index contributed by atoms with van der Waals surface area (Å²) in [6.45, 7) is 10.2. The average Bonchev–Trinajstić information content (AvgIpc) is 2.33. The molecule has 2 rings (SSSR count). The number of aliphatic hydroxyl groups excluding tert-OH is 1. The van der Waals surface area contributed by atoms with Gasteiger partial charge in [0.25, 0.3) is 0 Å². The zero-order valence-electron chi connectivity index (χ0n) is 12.0. The van der Waals surface area contributed by atoms with Crippen LogP contribution in [0.25, 0.3) is 0 Å². The number of aryl methyl sites for hydroxylation is 2. The number of nitrogens with zero attached hydrogens (tertiary/aromatic N) is 1. The van der Waals surface area contributed by atoms with Crippen LogP contribution in [0.5, 0.6) is 0 Å². The molecule has 1 N–H and O–H groups in total. The van der Waals surface area contributed by atoms with Gasteiger partial charge in [0.1, 0.15) is 0 Å². The Kier molecular flexibility index (Phi) is 3.67. The van der Waals surface area contributed by atoms with Crippen LogP contribution in [0.3, 0.4) is 0 Å². The zero-order chi connectivity index (χ0) is 13.3. The molecule has 18 heavy (non-hydrogen) atoms. The van der Waals surface area contributed by atoms with E-state index in [1.807, 2.05) is 0 Å². The van der Waals surface area contributed by atoms with Crippen molar-refractivity contribution in [2.45, 2.75) is 46.1 Å². The lowest BCUT2D eigenvalue weighted by Crippen LogP contribution is -2.51. The number of rotatable bonds is 2. The number of hydrogen-bond acceptors (Lipinski definition) is 2. The molecule has 0 amide bonds. The standard InChI is InChI=1S/C16H25NO/c1-12-5-6-15(9-13(12)2)17-10-14(11-18)7-8-16(17,3)4/h5-6,9,14,18H,7-8,10-11H2,1-4H3. The second-order valence-electron chi connectivity index (χ2n) is 6.28. The summed E-state index contributed by atoms with van der Waals surface area (Å²) in [5, 5.41) is 9.40. The molecule has 2 heteroatoms. The van der Waals surface area contributed by atoms with Crippen molar-refractivity contribution in [3.63, 3.8) is 0 Å². The highest BCUT2D eigenvalue weighted by Crippen LogP contribution is 2.35. The number of aliphatic hydroxyl groups is 1. The van der Waals surface area contributed by atoms with Crippen LogP contribution in [-0.2, 0) is 0 Å². The highest BCUT2D eigenvalue weighted by Gasteiger charge is 2.34. The van der Waals surface area contributed by atoms with Crippen LogP contribution < -0.4 is 4.90 Å². The zero-order valence-corrected chi connectivity index (χ0v) is 12.0. The topological polar surface area (TPSA) is 23.5 Å². The summed E-state index contributed by atoms with van der Waals surface area (Å²) in [5.41, 5.74) is 4.16. The molecule has 0 radical (unpaired) electrons. The maximum absolute atomic E-state index is 9.40. The van der Waals surface area contributed by atoms with Crippen LogP contribution in [0.4, 0.5) is 5.69 Å². The molecule has 1 fully saturated rings. The molecule has 0 saturated carbocycles. The first kappa shape index (κ1) is 13.4. The van der Waals surface area contributed by atoms with Gasteiger partial charge in [-0.15, -0.1) is 0 Å². The van der Waals surface area contributed by atoms with Gasteiger partial charge in [0.2, 0.25) is 0 Å². The molecular weight excluding hydrogens is 222 g/mol. The van der Waals surface area contributed by atoms with Gasteiger partial charge in [-0.2, -0.15) is 0 Å². The van der Waals surface area contributed by atoms with Crippen molar-refractivity contribution in [2.24, 2.45) is 5.92 Å². The Hall–Kier alpha value is -1.02. The molecule has 0 aliphatic carbocycles. The van der Waals surface area contributed by atoms with Crippen molar-refractivity contribution >= 4 is 5.69 Å². The molecule has 2 nitrogen and oxygen atoms in total. The van der Waals surface area contributed by atoms with E-state index in [0.29, 0.717) is 12.5 Å². The summed E-state index contributed by atoms with van der Waals surface area (Å²) in [5.74, 6) is 0.416. The largest absolute Gasteiger partial charge is 0.396 e. The number of benzene rings is 1. The van der Waals surface area contributed by atoms with Gasteiger partial charge in [-0.05, 0) is 69.7 Å². The molecule has 1 atom stereocenters. The van der Waals surface area contributed by atoms with E-state index in [1.165, 1.54) is 16.8 Å². The lowest BCUT2D eigenvalue weighted by molar-refractivity contribution is 0.181. The van der Waals surface area contributed by atoms with Crippen LogP contribution in [0.1, 0.15) is 37.8 Å². The summed E-state index contributed by atoms with van der Waals surface area (Å²) in [4.78, 5) is 2.46. The van der Waals surface area contributed by atoms with Crippen molar-refractivity contribution < 1.29 is 5.11 Å². The molecule has 1 saturated heterocycles. The molecule has 1 aliphatic rings. The molecular formula is C16H25NO. The second kappa shape index (κ2) is 4.93. The highest BCUT2D eigenvalue weighted by molar-refractivity contribution is 5.53. The molecule has 1 aromatic rings. The minimum atomic E-state index is 0.188. The lowest BCUT2D eigenvalue weighted by atomic mass is 9.84. The molecule has 1 unspecified atom stereocenters. The van der Waals surface area contributed by atoms with Gasteiger partial charge < -0.3 is 10.0 Å². The van der Waals surface area contributed by atoms with Gasteiger partial charge in [0.05, 0.1) is 0 Å². The Morgan fingerprint density at radius 3 is 2.61 bits per heavy atom. The first-order chi connectivity index (χ1) is 8.44. The highest BCUT2D eigenvalue weighted by atomic mass is 16.3. The number of anilines is 1. The Morgan fingerprint density at radius 1 is 1.28 bits per heavy atom. The summed E-state index contributed by atoms with van der Waals surface area (Å²) in [6, 6.07) is 6.68. The van der Waals surface area contributed by atoms with Crippen molar-refractivity contribution in [1.82, 2.24) is 0 Å². The van der Waals surface area contributed by atoms with Gasteiger partial charge in [-0.25, -0.2) is 0 Å². The van der Waals surface area contributed by atoms with Crippen LogP contribution in [-0.4, -0.2) is 23.8 Å². The average molecular weight is 247 g/mol. The fraction of sp³-hybridized carbons (Fsp3) is 0.625. The van der Waals surface area contributed by atoms with Crippen LogP contribution in [0.2, 0.25) is 0 Å². The Balaban J connectivity index is 2.30. The maximum atomic E-state index is 9.40. The quantitative estimate of drug-likeness (QED) is 0.867. The summed E-state index contributed by atoms with van der Waals surface area (Å²) in [6.07, 6.45) is 2.27. The van der Waals surface area contributed by atoms with E-state index in [1.54, 1.807) is 0 Å². The summed E-state index contributed by atoms with van der Waals surface area (Å²) >= 11 is 0. The second-order valence-corrected chi connectivity index (χ2v) is 6.28. The van der Waals surface area contributed by atoms with Crippen molar-refractivity contribution in [2.75, 3.05) is 18.1 Å². The molecule has 1 heterocycles. The first-order valence-electron chi connectivity index (χ1n) is 6.90. The summed E-state index contributed by atoms with van der Waals surface area (Å²) < 4.78 is 0. The third-order valence-electron chi connectivity index (χ3n) is 4.40. The monoisotopic (exact) mass is 247 g/mol. The molecule has 0 aromatic heterocycles. The van der Waals surface area contributed by atoms with E-state index in [4.69, 9.17) is 0 Å². The van der Waals surface area contributed by atoms with Gasteiger partial charge >= 0.3 is 0 Å². The fourth-order valence-electron chi connectivity index (χ4n) is 2.79. The van der Waals surface area contributed by atoms with Gasteiger partial charge in [-0.3, -0.25) is 0 Å². The van der Waals surface area contributed by atoms with E-state index in [2.05, 4.69) is 50.8 Å². The van der Waals surface area contributed by atoms with Crippen LogP contribution >= 0.6 is 0 Å². The minimum Gasteiger partial charge on any atom is -0.396 e. The van der Waals surface area contributed by atoms with Gasteiger partial charge in [-0.1, -0.05) is 6.07 Å². The Bertz CT molecular complexity index is 425. The van der Waals surface area contributed by atoms with Crippen molar-refractivity contribution in [3.05, 3.63) is 29.3 Å². The molecule has 0 bridgehead atoms. The Morgan fingerprint density at radius 2 is 2.00 bits per heavy atom. The fourth-order valence-corrected chi connectivity index (χ4v) is 2.79. The molecule has 1 aromatic carbocycles. The lowest BCUT2D eigenvalue weighted by Gasteiger charge is -2.47. The number of hydrogen-bond donors (Lipinski definition) is 1.